The number of hydrogen-bond donors (Lipinski definition) is 0. The lowest BCUT2D eigenvalue weighted by Crippen LogP contribution is -2.31. The molecule has 0 aliphatic heterocycles. The van der Waals surface area contributed by atoms with E-state index in [-0.39, 0.29) is 0 Å². The minimum atomic E-state index is -4.95. The summed E-state index contributed by atoms with van der Waals surface area (Å²) >= 11 is 9.18. The summed E-state index contributed by atoms with van der Waals surface area (Å²) in [5.41, 5.74) is 0. The first-order valence-corrected chi connectivity index (χ1v) is 3.25. The lowest BCUT2D eigenvalue weighted by molar-refractivity contribution is -0.183. The number of rotatable bonds is 2. The van der Waals surface area contributed by atoms with E-state index in [1.807, 2.05) is 0 Å². The fourth-order valence-electron chi connectivity index (χ4n) is 0.344. The van der Waals surface area contributed by atoms with Gasteiger partial charge in [-0.05, 0) is 0 Å². The smallest absolute Gasteiger partial charge is 0.203 e. The molecule has 0 spiro atoms. The highest BCUT2D eigenvalue weighted by Gasteiger charge is 2.47. The quantitative estimate of drug-likeness (QED) is 0.491. The molecular formula is C4H3Cl2F5. The summed E-state index contributed by atoms with van der Waals surface area (Å²) in [6.07, 6.45) is -7.25. The van der Waals surface area contributed by atoms with Gasteiger partial charge in [-0.1, -0.05) is 23.2 Å². The molecule has 0 aliphatic rings. The minimum absolute atomic E-state index is 2.29. The maximum Gasteiger partial charge on any atom is 0.394 e. The van der Waals surface area contributed by atoms with Crippen molar-refractivity contribution in [1.29, 1.82) is 0 Å². The van der Waals surface area contributed by atoms with Gasteiger partial charge in [-0.3, -0.25) is 0 Å². The van der Waals surface area contributed by atoms with Gasteiger partial charge < -0.3 is 0 Å². The molecular weight excluding hydrogens is 214 g/mol. The molecule has 0 bridgehead atoms. The molecule has 0 heterocycles. The highest BCUT2D eigenvalue weighted by atomic mass is 35.5. The Labute approximate surface area is 69.3 Å². The standard InChI is InChI=1S/C4H3Cl2F5/c5-2(6)3(7,8)1-4(9,10)11/h2H,1H2. The van der Waals surface area contributed by atoms with Crippen LogP contribution in [0.5, 0.6) is 0 Å². The van der Waals surface area contributed by atoms with E-state index < -0.39 is 23.4 Å². The molecule has 7 heteroatoms. The molecule has 0 fully saturated rings. The number of hydrogen-bond acceptors (Lipinski definition) is 0. The minimum Gasteiger partial charge on any atom is -0.203 e. The van der Waals surface area contributed by atoms with Crippen LogP contribution in [0.15, 0.2) is 0 Å². The molecule has 0 aromatic carbocycles. The van der Waals surface area contributed by atoms with E-state index in [1.165, 1.54) is 0 Å². The van der Waals surface area contributed by atoms with E-state index in [0.717, 1.165) is 0 Å². The second-order valence-electron chi connectivity index (χ2n) is 1.85. The van der Waals surface area contributed by atoms with Crippen LogP contribution in [-0.2, 0) is 0 Å². The summed E-state index contributed by atoms with van der Waals surface area (Å²) in [6, 6.07) is 0. The van der Waals surface area contributed by atoms with Crippen molar-refractivity contribution in [2.45, 2.75) is 23.4 Å². The van der Waals surface area contributed by atoms with E-state index in [4.69, 9.17) is 0 Å². The normalized spacial score (nSPS) is 14.2. The molecule has 0 rings (SSSR count). The highest BCUT2D eigenvalue weighted by Crippen LogP contribution is 2.37. The Morgan fingerprint density at radius 1 is 1.00 bits per heavy atom. The molecule has 68 valence electrons. The topological polar surface area (TPSA) is 0 Å². The zero-order chi connectivity index (χ0) is 9.28. The highest BCUT2D eigenvalue weighted by molar-refractivity contribution is 6.45. The summed E-state index contributed by atoms with van der Waals surface area (Å²) in [4.78, 5) is -2.33. The van der Waals surface area contributed by atoms with Gasteiger partial charge in [-0.15, -0.1) is 0 Å². The molecule has 0 radical (unpaired) electrons. The Kier molecular flexibility index (Phi) is 3.38. The first kappa shape index (κ1) is 11.2. The monoisotopic (exact) mass is 216 g/mol. The van der Waals surface area contributed by atoms with E-state index in [0.29, 0.717) is 0 Å². The summed E-state index contributed by atoms with van der Waals surface area (Å²) < 4.78 is 58.1. The maximum absolute atomic E-state index is 12.1. The maximum atomic E-state index is 12.1. The SMILES string of the molecule is FC(F)(F)CC(F)(F)C(Cl)Cl. The third kappa shape index (κ3) is 4.63. The molecule has 0 unspecified atom stereocenters. The fourth-order valence-corrected chi connectivity index (χ4v) is 0.499. The van der Waals surface area contributed by atoms with Crippen LogP contribution in [0.3, 0.4) is 0 Å². The zero-order valence-corrected chi connectivity index (χ0v) is 6.44. The summed E-state index contributed by atoms with van der Waals surface area (Å²) in [7, 11) is 0. The van der Waals surface area contributed by atoms with E-state index in [9.17, 15) is 22.0 Å². The molecule has 0 aromatic heterocycles. The third-order valence-corrected chi connectivity index (χ3v) is 1.39. The molecule has 0 N–H and O–H groups in total. The molecule has 0 aromatic rings. The van der Waals surface area contributed by atoms with E-state index >= 15 is 0 Å². The van der Waals surface area contributed by atoms with Crippen molar-refractivity contribution in [3.63, 3.8) is 0 Å². The van der Waals surface area contributed by atoms with Gasteiger partial charge in [0, 0.05) is 0 Å². The van der Waals surface area contributed by atoms with Crippen molar-refractivity contribution >= 4 is 23.2 Å². The fraction of sp³-hybridized carbons (Fsp3) is 1.00. The van der Waals surface area contributed by atoms with Gasteiger partial charge in [0.1, 0.15) is 6.42 Å². The van der Waals surface area contributed by atoms with Crippen molar-refractivity contribution < 1.29 is 22.0 Å². The first-order chi connectivity index (χ1) is 4.65. The predicted molar refractivity (Wildman–Crippen MR) is 31.1 cm³/mol. The van der Waals surface area contributed by atoms with Crippen LogP contribution in [0.25, 0.3) is 0 Å². The number of alkyl halides is 7. The van der Waals surface area contributed by atoms with Gasteiger partial charge in [0.15, 0.2) is 4.84 Å². The number of halogens is 7. The van der Waals surface area contributed by atoms with Gasteiger partial charge in [-0.25, -0.2) is 8.78 Å². The molecule has 0 aliphatic carbocycles. The summed E-state index contributed by atoms with van der Waals surface area (Å²) in [5, 5.41) is 0. The zero-order valence-electron chi connectivity index (χ0n) is 4.93. The van der Waals surface area contributed by atoms with Crippen molar-refractivity contribution in [3.8, 4) is 0 Å². The third-order valence-electron chi connectivity index (χ3n) is 0.755. The lowest BCUT2D eigenvalue weighted by Gasteiger charge is -2.18. The van der Waals surface area contributed by atoms with Gasteiger partial charge in [0.05, 0.1) is 0 Å². The van der Waals surface area contributed by atoms with Crippen LogP contribution < -0.4 is 0 Å². The molecule has 0 amide bonds. The lowest BCUT2D eigenvalue weighted by atomic mass is 10.2. The Hall–Kier alpha value is 0.230. The van der Waals surface area contributed by atoms with Gasteiger partial charge in [0.2, 0.25) is 0 Å². The van der Waals surface area contributed by atoms with Crippen LogP contribution in [-0.4, -0.2) is 16.9 Å². The Morgan fingerprint density at radius 3 is 1.45 bits per heavy atom. The Bertz CT molecular complexity index is 129. The second-order valence-corrected chi connectivity index (χ2v) is 2.95. The summed E-state index contributed by atoms with van der Waals surface area (Å²) in [5.74, 6) is -4.11. The average molecular weight is 217 g/mol. The molecule has 11 heavy (non-hydrogen) atoms. The predicted octanol–water partition coefficient (Wildman–Crippen LogP) is 3.38. The van der Waals surface area contributed by atoms with Crippen LogP contribution >= 0.6 is 23.2 Å². The van der Waals surface area contributed by atoms with Crippen molar-refractivity contribution in [2.75, 3.05) is 0 Å². The Balaban J connectivity index is 4.13. The average Bonchev–Trinajstić information content (AvgIpc) is 1.56. The van der Waals surface area contributed by atoms with Gasteiger partial charge in [0.25, 0.3) is 5.92 Å². The van der Waals surface area contributed by atoms with Crippen LogP contribution in [0, 0.1) is 0 Å². The van der Waals surface area contributed by atoms with E-state index in [1.54, 1.807) is 0 Å². The van der Waals surface area contributed by atoms with Crippen LogP contribution in [0.2, 0.25) is 0 Å². The van der Waals surface area contributed by atoms with Gasteiger partial charge in [-0.2, -0.15) is 13.2 Å². The molecule has 0 nitrogen and oxygen atoms in total. The molecule has 0 atom stereocenters. The Morgan fingerprint density at radius 2 is 1.36 bits per heavy atom. The van der Waals surface area contributed by atoms with Crippen LogP contribution in [0.1, 0.15) is 6.42 Å². The van der Waals surface area contributed by atoms with Gasteiger partial charge >= 0.3 is 6.18 Å². The van der Waals surface area contributed by atoms with Crippen LogP contribution in [0.4, 0.5) is 22.0 Å². The summed E-state index contributed by atoms with van der Waals surface area (Å²) in [6.45, 7) is 0. The van der Waals surface area contributed by atoms with Crippen molar-refractivity contribution in [1.82, 2.24) is 0 Å². The van der Waals surface area contributed by atoms with Crippen molar-refractivity contribution in [3.05, 3.63) is 0 Å². The van der Waals surface area contributed by atoms with E-state index in [2.05, 4.69) is 23.2 Å². The first-order valence-electron chi connectivity index (χ1n) is 2.38. The molecule has 0 saturated heterocycles. The largest absolute Gasteiger partial charge is 0.394 e. The molecule has 0 saturated carbocycles. The van der Waals surface area contributed by atoms with Crippen molar-refractivity contribution in [2.24, 2.45) is 0 Å². The second kappa shape index (κ2) is 3.31.